The number of alkyl carbamates (subject to hydrolysis) is 1. The molecule has 0 unspecified atom stereocenters. The Morgan fingerprint density at radius 2 is 1.69 bits per heavy atom. The number of rotatable bonds is 8. The largest absolute Gasteiger partial charge is 0.449 e. The summed E-state index contributed by atoms with van der Waals surface area (Å²) in [6, 6.07) is 15.8. The minimum atomic E-state index is -0.559. The van der Waals surface area contributed by atoms with Crippen LogP contribution in [0, 0.1) is 0 Å². The Kier molecular flexibility index (Phi) is 6.02. The van der Waals surface area contributed by atoms with Gasteiger partial charge in [0, 0.05) is 5.92 Å². The Labute approximate surface area is 153 Å². The summed E-state index contributed by atoms with van der Waals surface area (Å²) in [4.78, 5) is 23.2. The molecule has 26 heavy (non-hydrogen) atoms. The van der Waals surface area contributed by atoms with E-state index in [-0.39, 0.29) is 12.5 Å². The number of nitrogens with one attached hydrogen (secondary N) is 1. The number of aldehydes is 1. The summed E-state index contributed by atoms with van der Waals surface area (Å²) < 4.78 is 5.44. The first-order valence-corrected chi connectivity index (χ1v) is 9.01. The number of carbonyl (C=O) groups is 2. The molecule has 3 N–H and O–H groups in total. The number of benzene rings is 2. The molecule has 0 bridgehead atoms. The van der Waals surface area contributed by atoms with Crippen LogP contribution in [0.15, 0.2) is 48.5 Å². The van der Waals surface area contributed by atoms with Gasteiger partial charge in [0.2, 0.25) is 0 Å². The van der Waals surface area contributed by atoms with E-state index < -0.39 is 12.1 Å². The van der Waals surface area contributed by atoms with Gasteiger partial charge in [0.1, 0.15) is 12.9 Å². The van der Waals surface area contributed by atoms with Crippen LogP contribution in [0.5, 0.6) is 0 Å². The third-order valence-corrected chi connectivity index (χ3v) is 4.78. The van der Waals surface area contributed by atoms with E-state index in [0.29, 0.717) is 13.0 Å². The van der Waals surface area contributed by atoms with E-state index in [4.69, 9.17) is 10.5 Å². The molecule has 0 saturated carbocycles. The molecule has 0 heterocycles. The van der Waals surface area contributed by atoms with Crippen LogP contribution in [0.4, 0.5) is 4.79 Å². The molecule has 0 saturated heterocycles. The molecule has 1 atom stereocenters. The van der Waals surface area contributed by atoms with E-state index >= 15 is 0 Å². The summed E-state index contributed by atoms with van der Waals surface area (Å²) in [5.74, 6) is 0.0140. The highest BCUT2D eigenvalue weighted by Gasteiger charge is 2.29. The van der Waals surface area contributed by atoms with Gasteiger partial charge in [-0.2, -0.15) is 0 Å². The lowest BCUT2D eigenvalue weighted by Crippen LogP contribution is -2.37. The highest BCUT2D eigenvalue weighted by Crippen LogP contribution is 2.44. The molecular formula is C21H24N2O3. The second-order valence-corrected chi connectivity index (χ2v) is 6.50. The molecule has 0 aliphatic heterocycles. The predicted octanol–water partition coefficient (Wildman–Crippen LogP) is 3.22. The Bertz CT molecular complexity index is 730. The number of fused-ring (bicyclic) bond motifs is 3. The molecule has 2 aromatic rings. The number of carbonyl (C=O) groups excluding carboxylic acids is 2. The van der Waals surface area contributed by atoms with Crippen LogP contribution in [-0.2, 0) is 9.53 Å². The van der Waals surface area contributed by atoms with Crippen LogP contribution in [0.1, 0.15) is 36.3 Å². The van der Waals surface area contributed by atoms with E-state index in [1.54, 1.807) is 0 Å². The Hall–Kier alpha value is -2.66. The zero-order valence-corrected chi connectivity index (χ0v) is 14.7. The van der Waals surface area contributed by atoms with Crippen LogP contribution in [0.3, 0.4) is 0 Å². The zero-order chi connectivity index (χ0) is 18.4. The number of ether oxygens (including phenoxy) is 1. The molecule has 3 rings (SSSR count). The first kappa shape index (κ1) is 18.1. The molecule has 1 amide bonds. The van der Waals surface area contributed by atoms with Gasteiger partial charge in [-0.1, -0.05) is 48.5 Å². The molecule has 0 fully saturated rings. The predicted molar refractivity (Wildman–Crippen MR) is 101 cm³/mol. The summed E-state index contributed by atoms with van der Waals surface area (Å²) >= 11 is 0. The lowest BCUT2D eigenvalue weighted by atomic mass is 9.98. The van der Waals surface area contributed by atoms with E-state index in [2.05, 4.69) is 29.6 Å². The van der Waals surface area contributed by atoms with Gasteiger partial charge < -0.3 is 20.6 Å². The lowest BCUT2D eigenvalue weighted by Gasteiger charge is -2.16. The second-order valence-electron chi connectivity index (χ2n) is 6.50. The molecule has 5 heteroatoms. The van der Waals surface area contributed by atoms with Crippen LogP contribution >= 0.6 is 0 Å². The SMILES string of the molecule is NCCCC[C@H](C=O)NC(=O)OCC1c2ccccc2-c2ccccc21. The molecule has 1 aliphatic carbocycles. The second kappa shape index (κ2) is 8.63. The van der Waals surface area contributed by atoms with E-state index in [9.17, 15) is 9.59 Å². The van der Waals surface area contributed by atoms with E-state index in [0.717, 1.165) is 30.3 Å². The van der Waals surface area contributed by atoms with Gasteiger partial charge >= 0.3 is 6.09 Å². The Morgan fingerprint density at radius 3 is 2.27 bits per heavy atom. The summed E-state index contributed by atoms with van der Waals surface area (Å²) in [6.07, 6.45) is 2.39. The molecule has 5 nitrogen and oxygen atoms in total. The molecule has 1 aliphatic rings. The number of unbranched alkanes of at least 4 members (excludes halogenated alkanes) is 1. The van der Waals surface area contributed by atoms with Crippen LogP contribution in [-0.4, -0.2) is 31.6 Å². The fourth-order valence-electron chi connectivity index (χ4n) is 3.47. The third kappa shape index (κ3) is 3.94. The fourth-order valence-corrected chi connectivity index (χ4v) is 3.47. The van der Waals surface area contributed by atoms with Gasteiger partial charge in [0.05, 0.1) is 6.04 Å². The Morgan fingerprint density at radius 1 is 1.08 bits per heavy atom. The van der Waals surface area contributed by atoms with Crippen LogP contribution in [0.25, 0.3) is 11.1 Å². The van der Waals surface area contributed by atoms with Crippen molar-refractivity contribution < 1.29 is 14.3 Å². The van der Waals surface area contributed by atoms with Crippen molar-refractivity contribution in [3.63, 3.8) is 0 Å². The first-order valence-electron chi connectivity index (χ1n) is 9.01. The van der Waals surface area contributed by atoms with Crippen molar-refractivity contribution >= 4 is 12.4 Å². The smallest absolute Gasteiger partial charge is 0.407 e. The van der Waals surface area contributed by atoms with Gasteiger partial charge in [-0.25, -0.2) is 4.79 Å². The Balaban J connectivity index is 1.62. The highest BCUT2D eigenvalue weighted by molar-refractivity contribution is 5.79. The van der Waals surface area contributed by atoms with Crippen molar-refractivity contribution in [1.82, 2.24) is 5.32 Å². The number of amides is 1. The van der Waals surface area contributed by atoms with E-state index in [1.165, 1.54) is 11.1 Å². The van der Waals surface area contributed by atoms with Crippen LogP contribution in [0.2, 0.25) is 0 Å². The van der Waals surface area contributed by atoms with Crippen molar-refractivity contribution in [3.05, 3.63) is 59.7 Å². The van der Waals surface area contributed by atoms with Gasteiger partial charge in [-0.15, -0.1) is 0 Å². The summed E-state index contributed by atoms with van der Waals surface area (Å²) in [5.41, 5.74) is 10.1. The molecule has 2 aromatic carbocycles. The first-order chi connectivity index (χ1) is 12.7. The molecule has 0 aromatic heterocycles. The molecular weight excluding hydrogens is 328 g/mol. The number of hydrogen-bond acceptors (Lipinski definition) is 4. The maximum absolute atomic E-state index is 12.1. The maximum Gasteiger partial charge on any atom is 0.407 e. The van der Waals surface area contributed by atoms with Crippen molar-refractivity contribution in [3.8, 4) is 11.1 Å². The highest BCUT2D eigenvalue weighted by atomic mass is 16.5. The van der Waals surface area contributed by atoms with Crippen molar-refractivity contribution in [1.29, 1.82) is 0 Å². The van der Waals surface area contributed by atoms with Crippen molar-refractivity contribution in [2.45, 2.75) is 31.2 Å². The summed E-state index contributed by atoms with van der Waals surface area (Å²) in [5, 5.41) is 2.63. The fraction of sp³-hybridized carbons (Fsp3) is 0.333. The topological polar surface area (TPSA) is 81.4 Å². The minimum Gasteiger partial charge on any atom is -0.449 e. The van der Waals surface area contributed by atoms with Gasteiger partial charge in [-0.05, 0) is 48.1 Å². The summed E-state index contributed by atoms with van der Waals surface area (Å²) in [6.45, 7) is 0.824. The lowest BCUT2D eigenvalue weighted by molar-refractivity contribution is -0.109. The van der Waals surface area contributed by atoms with Crippen molar-refractivity contribution in [2.75, 3.05) is 13.2 Å². The van der Waals surface area contributed by atoms with Gasteiger partial charge in [0.15, 0.2) is 0 Å². The van der Waals surface area contributed by atoms with Crippen LogP contribution < -0.4 is 11.1 Å². The normalized spacial score (nSPS) is 13.6. The average Bonchev–Trinajstić information content (AvgIpc) is 2.99. The zero-order valence-electron chi connectivity index (χ0n) is 14.7. The minimum absolute atomic E-state index is 0.0140. The molecule has 0 spiro atoms. The quantitative estimate of drug-likeness (QED) is 0.564. The maximum atomic E-state index is 12.1. The monoisotopic (exact) mass is 352 g/mol. The van der Waals surface area contributed by atoms with E-state index in [1.807, 2.05) is 24.3 Å². The third-order valence-electron chi connectivity index (χ3n) is 4.78. The van der Waals surface area contributed by atoms with Crippen molar-refractivity contribution in [2.24, 2.45) is 5.73 Å². The van der Waals surface area contributed by atoms with Gasteiger partial charge in [0.25, 0.3) is 0 Å². The van der Waals surface area contributed by atoms with Gasteiger partial charge in [-0.3, -0.25) is 0 Å². The molecule has 136 valence electrons. The number of nitrogens with two attached hydrogens (primary N) is 1. The molecule has 0 radical (unpaired) electrons. The standard InChI is InChI=1S/C21H24N2O3/c22-12-6-5-7-15(13-24)23-21(25)26-14-20-18-10-3-1-8-16(18)17-9-2-4-11-19(17)20/h1-4,8-11,13,15,20H,5-7,12,14,22H2,(H,23,25)/t15-/m1/s1. The number of hydrogen-bond donors (Lipinski definition) is 2. The average molecular weight is 352 g/mol. The summed E-state index contributed by atoms with van der Waals surface area (Å²) in [7, 11) is 0.